The van der Waals surface area contributed by atoms with Crippen molar-refractivity contribution in [1.82, 2.24) is 31.3 Å². The largest absolute Gasteiger partial charge is 0.460 e. The van der Waals surface area contributed by atoms with Gasteiger partial charge in [0.1, 0.15) is 48.1 Å². The summed E-state index contributed by atoms with van der Waals surface area (Å²) in [6.07, 6.45) is -0.595. The van der Waals surface area contributed by atoms with E-state index in [0.717, 1.165) is 44.8 Å². The maximum atomic E-state index is 14.4. The molecule has 5 rings (SSSR count). The lowest BCUT2D eigenvalue weighted by atomic mass is 10.0. The van der Waals surface area contributed by atoms with E-state index in [0.29, 0.717) is 10.6 Å². The number of amides is 6. The Morgan fingerprint density at radius 2 is 1.00 bits per heavy atom. The molecule has 0 aliphatic rings. The van der Waals surface area contributed by atoms with Gasteiger partial charge in [-0.1, -0.05) is 129 Å². The zero-order valence-corrected chi connectivity index (χ0v) is 48.1. The third kappa shape index (κ3) is 21.2. The second kappa shape index (κ2) is 28.5. The Kier molecular flexibility index (Phi) is 22.3. The van der Waals surface area contributed by atoms with Crippen LogP contribution in [0.2, 0.25) is 0 Å². The van der Waals surface area contributed by atoms with Gasteiger partial charge in [0.15, 0.2) is 0 Å². The highest BCUT2D eigenvalue weighted by molar-refractivity contribution is 6.00. The lowest BCUT2D eigenvalue weighted by molar-refractivity contribution is -0.161. The topological polar surface area (TPSA) is 245 Å². The molecule has 0 unspecified atom stereocenters. The van der Waals surface area contributed by atoms with E-state index in [4.69, 9.17) is 18.9 Å². The van der Waals surface area contributed by atoms with E-state index >= 15 is 0 Å². The smallest absolute Gasteiger partial charge is 0.408 e. The van der Waals surface area contributed by atoms with Gasteiger partial charge in [0.05, 0.1) is 6.42 Å². The summed E-state index contributed by atoms with van der Waals surface area (Å²) >= 11 is 0. The summed E-state index contributed by atoms with van der Waals surface area (Å²) in [5.74, 6) is -7.84. The molecule has 0 bridgehead atoms. The van der Waals surface area contributed by atoms with E-state index in [1.165, 1.54) is 0 Å². The Morgan fingerprint density at radius 1 is 0.519 bits per heavy atom. The molecule has 0 aliphatic heterocycles. The first kappa shape index (κ1) is 63.2. The number of nitrogens with one attached hydrogen (secondary N) is 4. The van der Waals surface area contributed by atoms with E-state index in [1.54, 1.807) is 111 Å². The molecule has 19 heteroatoms. The summed E-state index contributed by atoms with van der Waals surface area (Å²) in [6, 6.07) is 31.1. The summed E-state index contributed by atoms with van der Waals surface area (Å²) in [4.78, 5) is 126. The molecule has 0 radical (unpaired) electrons. The fourth-order valence-corrected chi connectivity index (χ4v) is 8.35. The zero-order valence-electron chi connectivity index (χ0n) is 48.1. The number of ether oxygens (including phenoxy) is 4. The van der Waals surface area contributed by atoms with Crippen LogP contribution in [0.15, 0.2) is 127 Å². The highest BCUT2D eigenvalue weighted by Gasteiger charge is 2.35. The molecule has 0 saturated carbocycles. The first-order valence-electron chi connectivity index (χ1n) is 26.8. The van der Waals surface area contributed by atoms with Gasteiger partial charge in [-0.2, -0.15) is 0 Å². The summed E-state index contributed by atoms with van der Waals surface area (Å²) in [6.45, 7) is 17.1. The second-order valence-electron chi connectivity index (χ2n) is 22.8. The molecule has 0 aromatic heterocycles. The van der Waals surface area contributed by atoms with E-state index in [2.05, 4.69) is 21.4 Å². The van der Waals surface area contributed by atoms with Crippen LogP contribution in [0.5, 0.6) is 0 Å². The lowest BCUT2D eigenvalue weighted by Crippen LogP contribution is -2.60. The Bertz CT molecular complexity index is 2990. The number of carbonyl (C=O) groups is 9. The summed E-state index contributed by atoms with van der Waals surface area (Å²) in [5.41, 5.74) is 1.86. The number of rotatable bonds is 22. The van der Waals surface area contributed by atoms with Crippen LogP contribution in [-0.2, 0) is 77.0 Å². The number of hydrogen-bond acceptors (Lipinski definition) is 13. The molecule has 0 heterocycles. The number of hydrazine groups is 1. The quantitative estimate of drug-likeness (QED) is 0.0222. The molecule has 19 nitrogen and oxygen atoms in total. The SMILES string of the molecule is CC(C)[C@H](NC(=O)[C@H](CCC(=O)OC(C)(C)C)NC(=O)[C@H](CC(=O)OC(C)(C)C)NC(=O)OCc1ccccc1)C(=O)NN(CC(=O)OC(C)(C)C)C(=O)/C=C/C(=O)N(Cc1cccc2ccccc12)Cc1cccc2ccccc12. The monoisotopic (exact) mass is 1110 g/mol. The molecular formula is C62H76N6O13. The highest BCUT2D eigenvalue weighted by atomic mass is 16.6. The first-order chi connectivity index (χ1) is 38.0. The Labute approximate surface area is 473 Å². The Morgan fingerprint density at radius 3 is 1.54 bits per heavy atom. The number of benzene rings is 5. The Hall–Kier alpha value is -8.61. The van der Waals surface area contributed by atoms with Crippen LogP contribution in [0, 0.1) is 5.92 Å². The molecule has 4 N–H and O–H groups in total. The molecule has 6 amide bonds. The van der Waals surface area contributed by atoms with Crippen LogP contribution in [0.4, 0.5) is 4.79 Å². The van der Waals surface area contributed by atoms with Crippen molar-refractivity contribution < 1.29 is 62.1 Å². The molecule has 5 aromatic rings. The fraction of sp³-hybridized carbons (Fsp3) is 0.403. The fourth-order valence-electron chi connectivity index (χ4n) is 8.35. The predicted molar refractivity (Wildman–Crippen MR) is 305 cm³/mol. The van der Waals surface area contributed by atoms with Gasteiger partial charge < -0.3 is 39.8 Å². The van der Waals surface area contributed by atoms with Crippen molar-refractivity contribution in [2.24, 2.45) is 5.92 Å². The maximum Gasteiger partial charge on any atom is 0.408 e. The number of fused-ring (bicyclic) bond motifs is 2. The summed E-state index contributed by atoms with van der Waals surface area (Å²) in [5, 5.41) is 12.0. The normalized spacial score (nSPS) is 12.8. The van der Waals surface area contributed by atoms with Crippen LogP contribution in [0.3, 0.4) is 0 Å². The van der Waals surface area contributed by atoms with Crippen molar-refractivity contribution in [2.75, 3.05) is 6.54 Å². The molecular weight excluding hydrogens is 1040 g/mol. The van der Waals surface area contributed by atoms with E-state index in [9.17, 15) is 43.2 Å². The average Bonchev–Trinajstić information content (AvgIpc) is 3.38. The highest BCUT2D eigenvalue weighted by Crippen LogP contribution is 2.25. The van der Waals surface area contributed by atoms with E-state index in [-0.39, 0.29) is 19.7 Å². The van der Waals surface area contributed by atoms with Crippen LogP contribution in [0.25, 0.3) is 21.5 Å². The molecule has 5 aromatic carbocycles. The third-order valence-electron chi connectivity index (χ3n) is 11.9. The van der Waals surface area contributed by atoms with Crippen molar-refractivity contribution in [3.8, 4) is 0 Å². The van der Waals surface area contributed by atoms with E-state index < -0.39 is 120 Å². The van der Waals surface area contributed by atoms with E-state index in [1.807, 2.05) is 84.9 Å². The van der Waals surface area contributed by atoms with Crippen LogP contribution in [-0.4, -0.2) is 105 Å². The second-order valence-corrected chi connectivity index (χ2v) is 22.8. The minimum absolute atomic E-state index is 0.150. The maximum absolute atomic E-state index is 14.4. The molecule has 3 atom stereocenters. The molecule has 0 aliphatic carbocycles. The number of nitrogens with zero attached hydrogens (tertiary/aromatic N) is 2. The van der Waals surface area contributed by atoms with Crippen molar-refractivity contribution in [2.45, 2.75) is 150 Å². The molecule has 0 saturated heterocycles. The molecule has 0 fully saturated rings. The standard InChI is InChI=1S/C62H76N6O13/c1-40(2)55(65-56(74)48(31-34-52(71)79-60(3,4)5)63-57(75)49(35-53(72)80-61(6,7)8)64-59(77)78-39-41-21-13-12-14-22-41)58(76)66-68(38-54(73)81-62(9,10)11)51(70)33-32-50(69)67(36-44-27-19-25-42-23-15-17-29-46(42)44)37-45-28-20-26-43-24-16-18-30-47(43)45/h12-30,32-33,40,48-49,55H,31,34-39H2,1-11H3,(H,63,75)(H,64,77)(H,65,74)(H,66,76)/b33-32+/t48-,49-,55-/m0/s1. The lowest BCUT2D eigenvalue weighted by Gasteiger charge is -2.29. The van der Waals surface area contributed by atoms with Gasteiger partial charge in [-0.3, -0.25) is 43.8 Å². The van der Waals surface area contributed by atoms with Crippen molar-refractivity contribution in [3.63, 3.8) is 0 Å². The minimum Gasteiger partial charge on any atom is -0.460 e. The number of hydrogen-bond donors (Lipinski definition) is 4. The van der Waals surface area contributed by atoms with Gasteiger partial charge in [0, 0.05) is 31.7 Å². The van der Waals surface area contributed by atoms with Gasteiger partial charge in [0.25, 0.3) is 11.8 Å². The zero-order chi connectivity index (χ0) is 59.7. The third-order valence-corrected chi connectivity index (χ3v) is 11.9. The van der Waals surface area contributed by atoms with Gasteiger partial charge >= 0.3 is 24.0 Å². The van der Waals surface area contributed by atoms with Gasteiger partial charge in [-0.25, -0.2) is 9.80 Å². The minimum atomic E-state index is -1.67. The van der Waals surface area contributed by atoms with Crippen LogP contribution >= 0.6 is 0 Å². The molecule has 432 valence electrons. The van der Waals surface area contributed by atoms with Gasteiger partial charge in [-0.15, -0.1) is 0 Å². The number of carbonyl (C=O) groups excluding carboxylic acids is 9. The summed E-state index contributed by atoms with van der Waals surface area (Å²) in [7, 11) is 0. The number of alkyl carbamates (subject to hydrolysis) is 1. The summed E-state index contributed by atoms with van der Waals surface area (Å²) < 4.78 is 21.7. The average molecular weight is 1110 g/mol. The van der Waals surface area contributed by atoms with Crippen LogP contribution < -0.4 is 21.4 Å². The molecule has 81 heavy (non-hydrogen) atoms. The van der Waals surface area contributed by atoms with Crippen molar-refractivity contribution in [1.29, 1.82) is 0 Å². The Balaban J connectivity index is 1.42. The molecule has 0 spiro atoms. The van der Waals surface area contributed by atoms with Crippen LogP contribution in [0.1, 0.15) is 112 Å². The predicted octanol–water partition coefficient (Wildman–Crippen LogP) is 8.05. The van der Waals surface area contributed by atoms with Crippen molar-refractivity contribution in [3.05, 3.63) is 144 Å². The van der Waals surface area contributed by atoms with Crippen molar-refractivity contribution >= 4 is 75.1 Å². The van der Waals surface area contributed by atoms with Gasteiger partial charge in [-0.05, 0) is 113 Å². The number of esters is 3. The first-order valence-corrected chi connectivity index (χ1v) is 26.8. The van der Waals surface area contributed by atoms with Gasteiger partial charge in [0.2, 0.25) is 17.7 Å².